The van der Waals surface area contributed by atoms with Crippen LogP contribution in [0.2, 0.25) is 0 Å². The quantitative estimate of drug-likeness (QED) is 0.275. The molecule has 0 saturated heterocycles. The smallest absolute Gasteiger partial charge is 0.118 e. The third kappa shape index (κ3) is 6.08. The van der Waals surface area contributed by atoms with E-state index in [1.807, 2.05) is 23.5 Å². The molecule has 192 valence electrons. The summed E-state index contributed by atoms with van der Waals surface area (Å²) in [6.07, 6.45) is 2.42. The molecule has 0 spiro atoms. The van der Waals surface area contributed by atoms with Crippen LogP contribution in [0.4, 0.5) is 0 Å². The lowest BCUT2D eigenvalue weighted by atomic mass is 9.58. The fourth-order valence-electron chi connectivity index (χ4n) is 5.52. The number of rotatable bonds is 8. The van der Waals surface area contributed by atoms with Gasteiger partial charge in [0, 0.05) is 20.3 Å². The van der Waals surface area contributed by atoms with E-state index in [9.17, 15) is 0 Å². The van der Waals surface area contributed by atoms with Crippen molar-refractivity contribution in [2.45, 2.75) is 67.8 Å². The third-order valence-corrected chi connectivity index (χ3v) is 10.8. The van der Waals surface area contributed by atoms with Crippen LogP contribution in [0.25, 0.3) is 0 Å². The van der Waals surface area contributed by atoms with Gasteiger partial charge in [0.2, 0.25) is 0 Å². The minimum absolute atomic E-state index is 0.145. The summed E-state index contributed by atoms with van der Waals surface area (Å²) >= 11 is 4.06. The van der Waals surface area contributed by atoms with Gasteiger partial charge in [-0.05, 0) is 96.2 Å². The van der Waals surface area contributed by atoms with Crippen LogP contribution in [-0.2, 0) is 0 Å². The topological polar surface area (TPSA) is 18.5 Å². The Hall–Kier alpha value is -2.04. The summed E-state index contributed by atoms with van der Waals surface area (Å²) in [7, 11) is 3.46. The predicted octanol–water partition coefficient (Wildman–Crippen LogP) is 9.47. The minimum atomic E-state index is 0.145. The zero-order valence-electron chi connectivity index (χ0n) is 22.7. The average molecular weight is 521 g/mol. The average Bonchev–Trinajstić information content (AvgIpc) is 2.86. The van der Waals surface area contributed by atoms with E-state index in [4.69, 9.17) is 9.47 Å². The van der Waals surface area contributed by atoms with E-state index in [0.29, 0.717) is 16.4 Å². The van der Waals surface area contributed by atoms with E-state index in [1.54, 1.807) is 14.2 Å². The van der Waals surface area contributed by atoms with Gasteiger partial charge < -0.3 is 9.47 Å². The number of aryl methyl sites for hydroxylation is 1. The zero-order valence-corrected chi connectivity index (χ0v) is 24.3. The Morgan fingerprint density at radius 2 is 1.31 bits per heavy atom. The molecule has 1 fully saturated rings. The van der Waals surface area contributed by atoms with Gasteiger partial charge >= 0.3 is 0 Å². The summed E-state index contributed by atoms with van der Waals surface area (Å²) in [6, 6.07) is 26.1. The maximum atomic E-state index is 5.42. The fraction of sp³-hybridized carbons (Fsp3) is 0.438. The Morgan fingerprint density at radius 3 is 1.86 bits per heavy atom. The highest BCUT2D eigenvalue weighted by atomic mass is 32.2. The molecule has 0 radical (unpaired) electrons. The van der Waals surface area contributed by atoms with Crippen molar-refractivity contribution in [1.82, 2.24) is 0 Å². The molecule has 1 unspecified atom stereocenters. The molecule has 0 N–H and O–H groups in total. The van der Waals surface area contributed by atoms with Crippen LogP contribution in [0.3, 0.4) is 0 Å². The van der Waals surface area contributed by atoms with Gasteiger partial charge in [-0.3, -0.25) is 0 Å². The molecule has 3 aromatic rings. The highest BCUT2D eigenvalue weighted by Crippen LogP contribution is 2.61. The van der Waals surface area contributed by atoms with Crippen LogP contribution < -0.4 is 9.47 Å². The van der Waals surface area contributed by atoms with Gasteiger partial charge in [-0.1, -0.05) is 52.0 Å². The second-order valence-corrected chi connectivity index (χ2v) is 13.8. The van der Waals surface area contributed by atoms with E-state index in [-0.39, 0.29) is 10.8 Å². The molecule has 2 nitrogen and oxygen atoms in total. The number of hydrogen-bond acceptors (Lipinski definition) is 4. The Kier molecular flexibility index (Phi) is 8.36. The number of hydrogen-bond donors (Lipinski definition) is 0. The lowest BCUT2D eigenvalue weighted by molar-refractivity contribution is 0.0608. The Balaban J connectivity index is 1.71. The molecular formula is C32H40O2S2. The molecule has 3 aromatic carbocycles. The molecule has 4 rings (SSSR count). The summed E-state index contributed by atoms with van der Waals surface area (Å²) in [5.74, 6) is 2.34. The number of ether oxygens (including phenoxy) is 2. The van der Waals surface area contributed by atoms with Gasteiger partial charge in [-0.25, -0.2) is 0 Å². The zero-order chi connectivity index (χ0) is 25.9. The van der Waals surface area contributed by atoms with Crippen molar-refractivity contribution in [1.29, 1.82) is 0 Å². The molecule has 3 atom stereocenters. The van der Waals surface area contributed by atoms with Crippen LogP contribution >= 0.6 is 23.5 Å². The molecule has 1 aliphatic rings. The summed E-state index contributed by atoms with van der Waals surface area (Å²) in [5.41, 5.74) is 3.25. The van der Waals surface area contributed by atoms with Crippen molar-refractivity contribution < 1.29 is 9.47 Å². The summed E-state index contributed by atoms with van der Waals surface area (Å²) in [6.45, 7) is 12.2. The molecule has 1 saturated carbocycles. The van der Waals surface area contributed by atoms with Gasteiger partial charge in [0.1, 0.15) is 11.5 Å². The second-order valence-electron chi connectivity index (χ2n) is 11.4. The molecular weight excluding hydrogens is 480 g/mol. The molecule has 0 aliphatic heterocycles. The van der Waals surface area contributed by atoms with Crippen molar-refractivity contribution in [2.75, 3.05) is 14.2 Å². The molecule has 4 heteroatoms. The fourth-order valence-corrected chi connectivity index (χ4v) is 8.75. The van der Waals surface area contributed by atoms with Gasteiger partial charge in [-0.2, -0.15) is 0 Å². The van der Waals surface area contributed by atoms with Crippen molar-refractivity contribution in [3.05, 3.63) is 83.9 Å². The van der Waals surface area contributed by atoms with E-state index < -0.39 is 0 Å². The van der Waals surface area contributed by atoms with Crippen LogP contribution in [0.1, 0.15) is 56.9 Å². The summed E-state index contributed by atoms with van der Waals surface area (Å²) in [5, 5.41) is 0.885. The lowest BCUT2D eigenvalue weighted by Gasteiger charge is -2.53. The second kappa shape index (κ2) is 11.1. The summed E-state index contributed by atoms with van der Waals surface area (Å²) in [4.78, 5) is 2.61. The first-order valence-electron chi connectivity index (χ1n) is 12.8. The van der Waals surface area contributed by atoms with Gasteiger partial charge in [0.25, 0.3) is 0 Å². The van der Waals surface area contributed by atoms with E-state index in [0.717, 1.165) is 11.5 Å². The van der Waals surface area contributed by atoms with Gasteiger partial charge in [0.05, 0.1) is 14.2 Å². The first-order valence-corrected chi connectivity index (χ1v) is 14.6. The first-order chi connectivity index (χ1) is 17.1. The summed E-state index contributed by atoms with van der Waals surface area (Å²) < 4.78 is 10.8. The molecule has 0 amide bonds. The number of thioether (sulfide) groups is 2. The van der Waals surface area contributed by atoms with E-state index in [1.165, 1.54) is 33.8 Å². The lowest BCUT2D eigenvalue weighted by Crippen LogP contribution is -2.46. The van der Waals surface area contributed by atoms with Crippen molar-refractivity contribution in [3.63, 3.8) is 0 Å². The standard InChI is InChI=1S/C32H40O2S2/c1-22-10-8-9-11-27(22)30(36-26-18-14-24(34-7)15-19-26)28-20-31(2,3)21-29(32(28,4)5)35-25-16-12-23(33-6)13-17-25/h8-19,28-30H,20-21H2,1-7H3/t28-,29-,30?/m1/s1. The van der Waals surface area contributed by atoms with Crippen LogP contribution in [-0.4, -0.2) is 19.5 Å². The van der Waals surface area contributed by atoms with Gasteiger partial charge in [0.15, 0.2) is 0 Å². The van der Waals surface area contributed by atoms with Crippen molar-refractivity contribution >= 4 is 23.5 Å². The minimum Gasteiger partial charge on any atom is -0.497 e. The van der Waals surface area contributed by atoms with E-state index in [2.05, 4.69) is 107 Å². The highest BCUT2D eigenvalue weighted by molar-refractivity contribution is 8.00. The van der Waals surface area contributed by atoms with Crippen molar-refractivity contribution in [2.24, 2.45) is 16.7 Å². The van der Waals surface area contributed by atoms with Crippen LogP contribution in [0.5, 0.6) is 11.5 Å². The van der Waals surface area contributed by atoms with Gasteiger partial charge in [-0.15, -0.1) is 23.5 Å². The largest absolute Gasteiger partial charge is 0.497 e. The van der Waals surface area contributed by atoms with Crippen LogP contribution in [0, 0.1) is 23.7 Å². The predicted molar refractivity (Wildman–Crippen MR) is 156 cm³/mol. The normalized spacial score (nSPS) is 21.5. The molecule has 36 heavy (non-hydrogen) atoms. The highest BCUT2D eigenvalue weighted by Gasteiger charge is 2.50. The van der Waals surface area contributed by atoms with Crippen LogP contribution in [0.15, 0.2) is 82.6 Å². The number of benzene rings is 3. The van der Waals surface area contributed by atoms with Crippen molar-refractivity contribution in [3.8, 4) is 11.5 Å². The Labute approximate surface area is 226 Å². The Bertz CT molecular complexity index is 1140. The molecule has 0 aromatic heterocycles. The third-order valence-electron chi connectivity index (χ3n) is 7.82. The first kappa shape index (κ1) is 27.0. The SMILES string of the molecule is COc1ccc(SC(c2ccccc2C)[C@H]2CC(C)(C)C[C@@H](Sc3ccc(OC)cc3)C2(C)C)cc1. The molecule has 0 bridgehead atoms. The Morgan fingerprint density at radius 1 is 0.750 bits per heavy atom. The van der Waals surface area contributed by atoms with E-state index >= 15 is 0 Å². The molecule has 1 aliphatic carbocycles. The molecule has 0 heterocycles. The maximum absolute atomic E-state index is 5.42. The monoisotopic (exact) mass is 520 g/mol. The number of methoxy groups -OCH3 is 2. The maximum Gasteiger partial charge on any atom is 0.118 e.